The average molecular weight is 348 g/mol. The highest BCUT2D eigenvalue weighted by Crippen LogP contribution is 2.21. The molecule has 2 amide bonds. The number of nitrogens with one attached hydrogen (secondary N) is 2. The molecule has 0 atom stereocenters. The minimum Gasteiger partial charge on any atom is -0.357 e. The lowest BCUT2D eigenvalue weighted by atomic mass is 9.97. The van der Waals surface area contributed by atoms with Crippen molar-refractivity contribution in [2.45, 2.75) is 19.3 Å². The van der Waals surface area contributed by atoms with Gasteiger partial charge in [0.15, 0.2) is 0 Å². The molecule has 26 heavy (non-hydrogen) atoms. The monoisotopic (exact) mass is 348 g/mol. The number of urea groups is 1. The zero-order valence-corrected chi connectivity index (χ0v) is 14.6. The van der Waals surface area contributed by atoms with Crippen LogP contribution in [0.1, 0.15) is 19.3 Å². The van der Waals surface area contributed by atoms with Gasteiger partial charge < -0.3 is 20.4 Å². The lowest BCUT2D eigenvalue weighted by Gasteiger charge is -2.33. The van der Waals surface area contributed by atoms with Gasteiger partial charge in [-0.2, -0.15) is 4.98 Å². The minimum atomic E-state index is -0.0524. The maximum atomic E-state index is 12.2. The topological polar surface area (TPSA) is 73.4 Å². The Labute approximate surface area is 154 Å². The zero-order valence-electron chi connectivity index (χ0n) is 14.6. The van der Waals surface area contributed by atoms with E-state index in [2.05, 4.69) is 25.5 Å². The summed E-state index contributed by atoms with van der Waals surface area (Å²) < 4.78 is 0. The van der Waals surface area contributed by atoms with E-state index in [9.17, 15) is 4.79 Å². The third-order valence-corrected chi connectivity index (χ3v) is 4.71. The van der Waals surface area contributed by atoms with E-state index in [-0.39, 0.29) is 6.03 Å². The summed E-state index contributed by atoms with van der Waals surface area (Å²) >= 11 is 0. The van der Waals surface area contributed by atoms with Crippen molar-refractivity contribution in [2.75, 3.05) is 41.7 Å². The first-order chi connectivity index (χ1) is 12.7. The van der Waals surface area contributed by atoms with E-state index in [0.717, 1.165) is 62.6 Å². The lowest BCUT2D eigenvalue weighted by Crippen LogP contribution is -2.41. The molecule has 0 unspecified atom stereocenters. The molecule has 0 saturated carbocycles. The van der Waals surface area contributed by atoms with Crippen LogP contribution in [0.25, 0.3) is 0 Å². The highest BCUT2D eigenvalue weighted by Gasteiger charge is 2.19. The third kappa shape index (κ3) is 3.59. The van der Waals surface area contributed by atoms with Gasteiger partial charge in [0.1, 0.15) is 13.7 Å². The van der Waals surface area contributed by atoms with Crippen molar-refractivity contribution in [3.63, 3.8) is 0 Å². The lowest BCUT2D eigenvalue weighted by molar-refractivity contribution is 0.222. The predicted octanol–water partition coefficient (Wildman–Crippen LogP) is 1.85. The smallest absolute Gasteiger partial charge is 0.321 e. The largest absolute Gasteiger partial charge is 0.357 e. The third-order valence-electron chi connectivity index (χ3n) is 4.71. The number of nitrogens with zero attached hydrogens (tertiary/aromatic N) is 4. The van der Waals surface area contributed by atoms with Crippen LogP contribution in [0, 0.1) is 0 Å². The predicted molar refractivity (Wildman–Crippen MR) is 104 cm³/mol. The Morgan fingerprint density at radius 2 is 1.85 bits per heavy atom. The first-order valence-corrected chi connectivity index (χ1v) is 8.99. The molecule has 2 radical (unpaired) electrons. The Hall–Kier alpha value is -2.77. The van der Waals surface area contributed by atoms with E-state index >= 15 is 0 Å². The number of hydrogen-bond donors (Lipinski definition) is 2. The molecule has 0 bridgehead atoms. The Morgan fingerprint density at radius 1 is 1.08 bits per heavy atom. The van der Waals surface area contributed by atoms with Crippen LogP contribution in [0.4, 0.5) is 27.9 Å². The summed E-state index contributed by atoms with van der Waals surface area (Å²) in [6, 6.07) is 7.48. The van der Waals surface area contributed by atoms with Gasteiger partial charge in [0, 0.05) is 43.8 Å². The van der Waals surface area contributed by atoms with Crippen LogP contribution in [-0.2, 0) is 0 Å². The Kier molecular flexibility index (Phi) is 4.64. The summed E-state index contributed by atoms with van der Waals surface area (Å²) in [4.78, 5) is 25.0. The van der Waals surface area contributed by atoms with Crippen LogP contribution in [0.2, 0.25) is 0 Å². The number of carbonyl (C=O) groups is 1. The van der Waals surface area contributed by atoms with Gasteiger partial charge in [0.25, 0.3) is 0 Å². The van der Waals surface area contributed by atoms with Crippen molar-refractivity contribution >= 4 is 42.5 Å². The number of hydrogen-bond acceptors (Lipinski definition) is 5. The second-order valence-electron chi connectivity index (χ2n) is 6.64. The average Bonchev–Trinajstić information content (AvgIpc) is 3.11. The van der Waals surface area contributed by atoms with E-state index in [0.29, 0.717) is 11.4 Å². The quantitative estimate of drug-likeness (QED) is 0.825. The normalized spacial score (nSPS) is 16.3. The fourth-order valence-corrected chi connectivity index (χ4v) is 3.15. The summed E-state index contributed by atoms with van der Waals surface area (Å²) in [6.45, 7) is 3.59. The molecule has 2 aromatic rings. The van der Waals surface area contributed by atoms with Crippen molar-refractivity contribution < 1.29 is 4.79 Å². The van der Waals surface area contributed by atoms with Gasteiger partial charge in [-0.1, -0.05) is 6.07 Å². The number of amides is 2. The van der Waals surface area contributed by atoms with Crippen molar-refractivity contribution in [2.24, 2.45) is 0 Å². The van der Waals surface area contributed by atoms with Gasteiger partial charge in [-0.05, 0) is 42.9 Å². The first-order valence-electron chi connectivity index (χ1n) is 8.99. The molecule has 2 aliphatic rings. The molecule has 0 spiro atoms. The Balaban J connectivity index is 1.46. The van der Waals surface area contributed by atoms with Gasteiger partial charge in [0.2, 0.25) is 5.95 Å². The molecule has 0 aliphatic carbocycles. The standard InChI is InChI=1S/C18H21BN6O/c19-15-12-20-17(23-16(15)24-9-4-10-24)21-13-5-3-6-14(11-13)22-18(26)25-7-1-2-8-25/h3,5-6,11-12H,1-2,4,7-10H2,(H,22,26)(H,20,21,23). The van der Waals surface area contributed by atoms with Crippen LogP contribution in [0.15, 0.2) is 30.5 Å². The fraction of sp³-hybridized carbons (Fsp3) is 0.389. The molecule has 2 aliphatic heterocycles. The van der Waals surface area contributed by atoms with E-state index in [1.54, 1.807) is 6.20 Å². The second-order valence-corrected chi connectivity index (χ2v) is 6.64. The number of likely N-dealkylation sites (tertiary alicyclic amines) is 1. The van der Waals surface area contributed by atoms with Crippen molar-refractivity contribution in [3.05, 3.63) is 30.5 Å². The number of rotatable bonds is 4. The molecule has 8 heteroatoms. The van der Waals surface area contributed by atoms with Gasteiger partial charge in [0.05, 0.1) is 0 Å². The summed E-state index contributed by atoms with van der Waals surface area (Å²) in [6.07, 6.45) is 4.93. The maximum Gasteiger partial charge on any atom is 0.321 e. The molecule has 2 fully saturated rings. The van der Waals surface area contributed by atoms with Crippen LogP contribution in [-0.4, -0.2) is 54.9 Å². The molecule has 4 rings (SSSR count). The van der Waals surface area contributed by atoms with Gasteiger partial charge in [-0.25, -0.2) is 9.78 Å². The van der Waals surface area contributed by atoms with Gasteiger partial charge in [-0.3, -0.25) is 0 Å². The molecule has 132 valence electrons. The van der Waals surface area contributed by atoms with Crippen LogP contribution in [0.3, 0.4) is 0 Å². The van der Waals surface area contributed by atoms with Crippen molar-refractivity contribution in [3.8, 4) is 0 Å². The summed E-state index contributed by atoms with van der Waals surface area (Å²) in [5.74, 6) is 1.26. The molecule has 2 N–H and O–H groups in total. The second kappa shape index (κ2) is 7.23. The van der Waals surface area contributed by atoms with Crippen LogP contribution in [0.5, 0.6) is 0 Å². The maximum absolute atomic E-state index is 12.2. The van der Waals surface area contributed by atoms with E-state index in [1.807, 2.05) is 29.2 Å². The Morgan fingerprint density at radius 3 is 2.58 bits per heavy atom. The number of benzene rings is 1. The summed E-state index contributed by atoms with van der Waals surface area (Å²) in [5, 5.41) is 6.13. The molecule has 1 aromatic heterocycles. The van der Waals surface area contributed by atoms with Gasteiger partial charge >= 0.3 is 6.03 Å². The van der Waals surface area contributed by atoms with Crippen LogP contribution >= 0.6 is 0 Å². The first kappa shape index (κ1) is 16.7. The number of anilines is 4. The molecule has 1 aromatic carbocycles. The fourth-order valence-electron chi connectivity index (χ4n) is 3.15. The minimum absolute atomic E-state index is 0.0524. The van der Waals surface area contributed by atoms with Crippen molar-refractivity contribution in [1.82, 2.24) is 14.9 Å². The summed E-state index contributed by atoms with van der Waals surface area (Å²) in [5.41, 5.74) is 2.13. The molecule has 3 heterocycles. The zero-order chi connectivity index (χ0) is 17.9. The van der Waals surface area contributed by atoms with E-state index in [1.165, 1.54) is 0 Å². The molecular formula is C18H21BN6O. The van der Waals surface area contributed by atoms with E-state index < -0.39 is 0 Å². The number of aromatic nitrogens is 2. The molecule has 7 nitrogen and oxygen atoms in total. The van der Waals surface area contributed by atoms with Crippen molar-refractivity contribution in [1.29, 1.82) is 0 Å². The highest BCUT2D eigenvalue weighted by molar-refractivity contribution is 6.35. The highest BCUT2D eigenvalue weighted by atomic mass is 16.2. The summed E-state index contributed by atoms with van der Waals surface area (Å²) in [7, 11) is 5.99. The Bertz CT molecular complexity index is 804. The van der Waals surface area contributed by atoms with Crippen LogP contribution < -0.4 is 21.0 Å². The van der Waals surface area contributed by atoms with Gasteiger partial charge in [-0.15, -0.1) is 0 Å². The molecule has 2 saturated heterocycles. The van der Waals surface area contributed by atoms with E-state index in [4.69, 9.17) is 7.85 Å². The SMILES string of the molecule is [B]c1cnc(Nc2cccc(NC(=O)N3CCCC3)c2)nc1N1CCC1. The number of carbonyl (C=O) groups excluding carboxylic acids is 1. The molecular weight excluding hydrogens is 327 g/mol.